The minimum atomic E-state index is -0.977. The number of nitrogens with one attached hydrogen (secondary N) is 1. The minimum Gasteiger partial charge on any atom is -0.444 e. The number of nitrogens with zero attached hydrogens (tertiary/aromatic N) is 7. The van der Waals surface area contributed by atoms with Crippen LogP contribution in [0.3, 0.4) is 0 Å². The first kappa shape index (κ1) is 22.5. The molecule has 174 valence electrons. The first-order chi connectivity index (χ1) is 15.6. The van der Waals surface area contributed by atoms with Crippen LogP contribution in [-0.2, 0) is 9.53 Å². The summed E-state index contributed by atoms with van der Waals surface area (Å²) in [5.41, 5.74) is -0.808. The highest BCUT2D eigenvalue weighted by Gasteiger charge is 2.46. The predicted molar refractivity (Wildman–Crippen MR) is 120 cm³/mol. The molecule has 0 aliphatic carbocycles. The molecule has 2 aromatic rings. The highest BCUT2D eigenvalue weighted by Crippen LogP contribution is 2.36. The van der Waals surface area contributed by atoms with Crippen molar-refractivity contribution in [2.75, 3.05) is 29.9 Å². The molecule has 1 atom stereocenters. The lowest BCUT2D eigenvalue weighted by Crippen LogP contribution is -2.52. The van der Waals surface area contributed by atoms with Gasteiger partial charge in [0.05, 0.1) is 24.0 Å². The van der Waals surface area contributed by atoms with Gasteiger partial charge in [-0.25, -0.2) is 9.78 Å². The highest BCUT2D eigenvalue weighted by atomic mass is 16.6. The van der Waals surface area contributed by atoms with E-state index in [1.807, 2.05) is 33.9 Å². The molecule has 11 heteroatoms. The Bertz CT molecular complexity index is 1100. The summed E-state index contributed by atoms with van der Waals surface area (Å²) in [4.78, 5) is 36.8. The fourth-order valence-electron chi connectivity index (χ4n) is 3.89. The van der Waals surface area contributed by atoms with Crippen molar-refractivity contribution in [2.45, 2.75) is 52.2 Å². The number of ether oxygens (including phenoxy) is 1. The molecule has 0 saturated carbocycles. The van der Waals surface area contributed by atoms with E-state index >= 15 is 0 Å². The molecule has 2 aliphatic rings. The van der Waals surface area contributed by atoms with Crippen molar-refractivity contribution in [3.8, 4) is 6.07 Å². The first-order valence-electron chi connectivity index (χ1n) is 11.0. The second-order valence-electron chi connectivity index (χ2n) is 9.37. The molecular formula is C22H28N8O3. The van der Waals surface area contributed by atoms with E-state index in [9.17, 15) is 14.9 Å². The van der Waals surface area contributed by atoms with Gasteiger partial charge >= 0.3 is 6.09 Å². The molecule has 0 aromatic carbocycles. The summed E-state index contributed by atoms with van der Waals surface area (Å²) >= 11 is 0. The largest absolute Gasteiger partial charge is 0.444 e. The Morgan fingerprint density at radius 3 is 2.79 bits per heavy atom. The third-order valence-corrected chi connectivity index (χ3v) is 5.90. The molecule has 2 fully saturated rings. The van der Waals surface area contributed by atoms with Crippen molar-refractivity contribution >= 4 is 29.5 Å². The number of hydrogen-bond acceptors (Lipinski definition) is 8. The van der Waals surface area contributed by atoms with Crippen molar-refractivity contribution < 1.29 is 14.3 Å². The summed E-state index contributed by atoms with van der Waals surface area (Å²) in [6.07, 6.45) is 5.69. The summed E-state index contributed by atoms with van der Waals surface area (Å²) < 4.78 is 7.17. The smallest absolute Gasteiger partial charge is 0.410 e. The maximum Gasteiger partial charge on any atom is 0.410 e. The van der Waals surface area contributed by atoms with Gasteiger partial charge in [0.1, 0.15) is 16.8 Å². The predicted octanol–water partition coefficient (Wildman–Crippen LogP) is 2.87. The van der Waals surface area contributed by atoms with Gasteiger partial charge in [0.25, 0.3) is 0 Å². The van der Waals surface area contributed by atoms with Gasteiger partial charge in [0.2, 0.25) is 11.9 Å². The lowest BCUT2D eigenvalue weighted by atomic mass is 9.85. The van der Waals surface area contributed by atoms with Crippen LogP contribution in [0.4, 0.5) is 22.2 Å². The summed E-state index contributed by atoms with van der Waals surface area (Å²) in [6.45, 7) is 8.87. The molecule has 0 unspecified atom stereocenters. The van der Waals surface area contributed by atoms with E-state index in [0.717, 1.165) is 0 Å². The van der Waals surface area contributed by atoms with Gasteiger partial charge in [-0.15, -0.1) is 0 Å². The molecule has 11 nitrogen and oxygen atoms in total. The number of nitriles is 1. The van der Waals surface area contributed by atoms with E-state index in [2.05, 4.69) is 26.5 Å². The molecule has 0 radical (unpaired) electrons. The zero-order chi connectivity index (χ0) is 23.8. The van der Waals surface area contributed by atoms with E-state index in [1.54, 1.807) is 32.9 Å². The summed E-state index contributed by atoms with van der Waals surface area (Å²) in [5.74, 6) is 0.571. The zero-order valence-corrected chi connectivity index (χ0v) is 19.3. The van der Waals surface area contributed by atoms with Crippen LogP contribution in [0.5, 0.6) is 0 Å². The van der Waals surface area contributed by atoms with Crippen LogP contribution >= 0.6 is 0 Å². The molecule has 2 amide bonds. The SMILES string of the molecule is CC[C@]1(C#N)CCN(c2ccnc(Nc3cnn(C4CN(C(=O)OC(C)(C)C)C4)c3)n2)C1=O. The maximum absolute atomic E-state index is 12.8. The number of aromatic nitrogens is 4. The first-order valence-corrected chi connectivity index (χ1v) is 11.0. The average Bonchev–Trinajstić information content (AvgIpc) is 3.30. The number of likely N-dealkylation sites (tertiary alicyclic amines) is 1. The van der Waals surface area contributed by atoms with E-state index in [4.69, 9.17) is 4.74 Å². The van der Waals surface area contributed by atoms with Gasteiger partial charge < -0.3 is 15.0 Å². The van der Waals surface area contributed by atoms with Gasteiger partial charge in [0.15, 0.2) is 0 Å². The molecular weight excluding hydrogens is 424 g/mol. The topological polar surface area (TPSA) is 129 Å². The fraction of sp³-hybridized carbons (Fsp3) is 0.545. The second-order valence-corrected chi connectivity index (χ2v) is 9.37. The Morgan fingerprint density at radius 2 is 2.15 bits per heavy atom. The zero-order valence-electron chi connectivity index (χ0n) is 19.3. The van der Waals surface area contributed by atoms with Crippen molar-refractivity contribution in [3.05, 3.63) is 24.7 Å². The van der Waals surface area contributed by atoms with Crippen LogP contribution in [0.15, 0.2) is 24.7 Å². The summed E-state index contributed by atoms with van der Waals surface area (Å²) in [7, 11) is 0. The molecule has 4 rings (SSSR count). The van der Waals surface area contributed by atoms with Crippen molar-refractivity contribution in [2.24, 2.45) is 5.41 Å². The number of rotatable bonds is 5. The summed E-state index contributed by atoms with van der Waals surface area (Å²) in [5, 5.41) is 17.0. The third kappa shape index (κ3) is 4.46. The van der Waals surface area contributed by atoms with Gasteiger partial charge in [0, 0.05) is 32.0 Å². The van der Waals surface area contributed by atoms with E-state index in [-0.39, 0.29) is 18.0 Å². The second kappa shape index (κ2) is 8.35. The maximum atomic E-state index is 12.8. The Kier molecular flexibility index (Phi) is 5.69. The number of anilines is 3. The van der Waals surface area contributed by atoms with Crippen molar-refractivity contribution in [3.63, 3.8) is 0 Å². The standard InChI is InChI=1S/C22H28N8O3/c1-5-22(14-23)7-9-29(18(22)31)17-6-8-24-19(27-17)26-15-10-25-30(11-15)16-12-28(13-16)20(32)33-21(2,3)4/h6,8,10-11,16H,5,7,9,12-13H2,1-4H3,(H,24,26,27)/t22-/m1/s1. The number of carbonyl (C=O) groups is 2. The molecule has 4 heterocycles. The molecule has 0 bridgehead atoms. The van der Waals surface area contributed by atoms with E-state index in [1.165, 1.54) is 0 Å². The number of carbonyl (C=O) groups excluding carboxylic acids is 2. The minimum absolute atomic E-state index is 0.0655. The highest BCUT2D eigenvalue weighted by molar-refractivity contribution is 6.01. The average molecular weight is 453 g/mol. The van der Waals surface area contributed by atoms with Crippen molar-refractivity contribution in [1.29, 1.82) is 5.26 Å². The normalized spacial score (nSPS) is 21.0. The van der Waals surface area contributed by atoms with Gasteiger partial charge in [-0.05, 0) is 39.7 Å². The molecule has 0 spiro atoms. The van der Waals surface area contributed by atoms with Crippen LogP contribution < -0.4 is 10.2 Å². The molecule has 1 N–H and O–H groups in total. The van der Waals surface area contributed by atoms with E-state index < -0.39 is 11.0 Å². The lowest BCUT2D eigenvalue weighted by Gasteiger charge is -2.39. The quantitative estimate of drug-likeness (QED) is 0.733. The van der Waals surface area contributed by atoms with Crippen LogP contribution in [0.25, 0.3) is 0 Å². The Balaban J connectivity index is 1.38. The van der Waals surface area contributed by atoms with Crippen molar-refractivity contribution in [1.82, 2.24) is 24.6 Å². The van der Waals surface area contributed by atoms with Gasteiger partial charge in [-0.3, -0.25) is 14.4 Å². The van der Waals surface area contributed by atoms with Crippen LogP contribution in [0.1, 0.15) is 46.6 Å². The molecule has 2 aliphatic heterocycles. The summed E-state index contributed by atoms with van der Waals surface area (Å²) in [6, 6.07) is 3.91. The molecule has 2 saturated heterocycles. The van der Waals surface area contributed by atoms with Crippen LogP contribution in [0.2, 0.25) is 0 Å². The third-order valence-electron chi connectivity index (χ3n) is 5.90. The Morgan fingerprint density at radius 1 is 1.39 bits per heavy atom. The van der Waals surface area contributed by atoms with Crippen LogP contribution in [-0.4, -0.2) is 61.9 Å². The van der Waals surface area contributed by atoms with Gasteiger partial charge in [-0.1, -0.05) is 6.92 Å². The number of amides is 2. The van der Waals surface area contributed by atoms with E-state index in [0.29, 0.717) is 49.9 Å². The monoisotopic (exact) mass is 452 g/mol. The molecule has 2 aromatic heterocycles. The van der Waals surface area contributed by atoms with Crippen LogP contribution in [0, 0.1) is 16.7 Å². The lowest BCUT2D eigenvalue weighted by molar-refractivity contribution is -0.123. The Hall–Kier alpha value is -3.68. The fourth-order valence-corrected chi connectivity index (χ4v) is 3.89. The molecule has 33 heavy (non-hydrogen) atoms. The Labute approximate surface area is 192 Å². The van der Waals surface area contributed by atoms with Gasteiger partial charge in [-0.2, -0.15) is 15.3 Å². The number of hydrogen-bond donors (Lipinski definition) is 1.